The van der Waals surface area contributed by atoms with Crippen molar-refractivity contribution in [1.82, 2.24) is 0 Å². The third-order valence-corrected chi connectivity index (χ3v) is 2.35. The summed E-state index contributed by atoms with van der Waals surface area (Å²) < 4.78 is 5.29. The Kier molecular flexibility index (Phi) is 2.47. The highest BCUT2D eigenvalue weighted by Crippen LogP contribution is 2.33. The van der Waals surface area contributed by atoms with Gasteiger partial charge in [0.2, 0.25) is 0 Å². The third kappa shape index (κ3) is 1.73. The van der Waals surface area contributed by atoms with Gasteiger partial charge in [0.15, 0.2) is 6.61 Å². The number of carbonyl (C=O) groups excluding carboxylic acids is 1. The predicted octanol–water partition coefficient (Wildman–Crippen LogP) is 0.370. The van der Waals surface area contributed by atoms with Gasteiger partial charge in [0, 0.05) is 12.7 Å². The zero-order valence-corrected chi connectivity index (χ0v) is 8.49. The number of amides is 1. The lowest BCUT2D eigenvalue weighted by atomic mass is 10.2. The number of benzene rings is 1. The summed E-state index contributed by atoms with van der Waals surface area (Å²) in [6.45, 7) is 0.463. The number of nitrogens with two attached hydrogens (primary N) is 1. The lowest BCUT2D eigenvalue weighted by Crippen LogP contribution is -2.35. The van der Waals surface area contributed by atoms with Crippen LogP contribution in [0.1, 0.15) is 0 Å². The minimum absolute atomic E-state index is 0.0487. The van der Waals surface area contributed by atoms with Crippen molar-refractivity contribution in [2.45, 2.75) is 0 Å². The third-order valence-electron chi connectivity index (χ3n) is 2.35. The molecule has 1 aliphatic heterocycles. The second-order valence-electron chi connectivity index (χ2n) is 3.30. The number of ether oxygens (including phenoxy) is 1. The molecule has 5 heteroatoms. The standard InChI is InChI=1S/C10H13N3O2/c1-13-8-4-7(12-6-11)2-3-9(8)15-5-10(13)14/h2-4,12H,5-6,11H2,1H3. The van der Waals surface area contributed by atoms with E-state index in [2.05, 4.69) is 5.32 Å². The van der Waals surface area contributed by atoms with Gasteiger partial charge < -0.3 is 20.7 Å². The SMILES string of the molecule is CN1C(=O)COc2ccc(NCN)cc21. The molecule has 0 bridgehead atoms. The van der Waals surface area contributed by atoms with Crippen molar-refractivity contribution in [1.29, 1.82) is 0 Å². The normalized spacial score (nSPS) is 14.5. The second-order valence-corrected chi connectivity index (χ2v) is 3.30. The molecule has 15 heavy (non-hydrogen) atoms. The van der Waals surface area contributed by atoms with Gasteiger partial charge in [-0.1, -0.05) is 0 Å². The summed E-state index contributed by atoms with van der Waals surface area (Å²) in [7, 11) is 1.73. The van der Waals surface area contributed by atoms with Crippen LogP contribution >= 0.6 is 0 Å². The first-order valence-electron chi connectivity index (χ1n) is 4.69. The number of nitrogens with zero attached hydrogens (tertiary/aromatic N) is 1. The van der Waals surface area contributed by atoms with E-state index in [1.807, 2.05) is 18.2 Å². The molecular formula is C10H13N3O2. The Hall–Kier alpha value is -1.75. The minimum Gasteiger partial charge on any atom is -0.482 e. The van der Waals surface area contributed by atoms with Crippen molar-refractivity contribution in [2.75, 3.05) is 30.5 Å². The largest absolute Gasteiger partial charge is 0.482 e. The molecule has 0 atom stereocenters. The van der Waals surface area contributed by atoms with Crippen LogP contribution in [0.15, 0.2) is 18.2 Å². The molecule has 1 heterocycles. The maximum absolute atomic E-state index is 11.4. The summed E-state index contributed by atoms with van der Waals surface area (Å²) in [5.41, 5.74) is 7.02. The first-order chi connectivity index (χ1) is 7.22. The average molecular weight is 207 g/mol. The maximum Gasteiger partial charge on any atom is 0.264 e. The van der Waals surface area contributed by atoms with Crippen LogP contribution in [-0.2, 0) is 4.79 Å². The molecule has 80 valence electrons. The number of anilines is 2. The van der Waals surface area contributed by atoms with Crippen LogP contribution in [0.25, 0.3) is 0 Å². The molecule has 5 nitrogen and oxygen atoms in total. The van der Waals surface area contributed by atoms with Crippen molar-refractivity contribution in [3.8, 4) is 5.75 Å². The Labute approximate surface area is 87.8 Å². The highest BCUT2D eigenvalue weighted by Gasteiger charge is 2.21. The van der Waals surface area contributed by atoms with Gasteiger partial charge in [-0.05, 0) is 18.2 Å². The quantitative estimate of drug-likeness (QED) is 0.687. The topological polar surface area (TPSA) is 67.6 Å². The number of carbonyl (C=O) groups is 1. The summed E-state index contributed by atoms with van der Waals surface area (Å²) in [5, 5.41) is 2.98. The fourth-order valence-corrected chi connectivity index (χ4v) is 1.50. The van der Waals surface area contributed by atoms with E-state index >= 15 is 0 Å². The van der Waals surface area contributed by atoms with Crippen LogP contribution in [0.4, 0.5) is 11.4 Å². The van der Waals surface area contributed by atoms with Gasteiger partial charge in [-0.15, -0.1) is 0 Å². The number of hydrogen-bond donors (Lipinski definition) is 2. The van der Waals surface area contributed by atoms with Crippen LogP contribution in [0.5, 0.6) is 5.75 Å². The molecule has 1 aromatic rings. The van der Waals surface area contributed by atoms with Gasteiger partial charge in [0.1, 0.15) is 5.75 Å². The van der Waals surface area contributed by atoms with E-state index in [1.54, 1.807) is 11.9 Å². The summed E-state index contributed by atoms with van der Waals surface area (Å²) in [5.74, 6) is 0.673. The molecule has 0 radical (unpaired) electrons. The molecule has 1 aromatic carbocycles. The second kappa shape index (κ2) is 3.78. The zero-order valence-electron chi connectivity index (χ0n) is 8.49. The highest BCUT2D eigenvalue weighted by atomic mass is 16.5. The summed E-state index contributed by atoms with van der Waals surface area (Å²) in [6.07, 6.45) is 0. The summed E-state index contributed by atoms with van der Waals surface area (Å²) >= 11 is 0. The first-order valence-corrected chi connectivity index (χ1v) is 4.69. The molecule has 0 aliphatic carbocycles. The Morgan fingerprint density at radius 3 is 3.13 bits per heavy atom. The van der Waals surface area contributed by atoms with Crippen molar-refractivity contribution in [3.63, 3.8) is 0 Å². The molecule has 0 saturated carbocycles. The van der Waals surface area contributed by atoms with E-state index in [-0.39, 0.29) is 12.5 Å². The van der Waals surface area contributed by atoms with Gasteiger partial charge in [-0.2, -0.15) is 0 Å². The summed E-state index contributed by atoms with van der Waals surface area (Å²) in [4.78, 5) is 13.0. The van der Waals surface area contributed by atoms with E-state index in [4.69, 9.17) is 10.5 Å². The molecule has 0 spiro atoms. The van der Waals surface area contributed by atoms with E-state index in [0.29, 0.717) is 6.67 Å². The van der Waals surface area contributed by atoms with E-state index < -0.39 is 0 Å². The maximum atomic E-state index is 11.4. The fourth-order valence-electron chi connectivity index (χ4n) is 1.50. The van der Waals surface area contributed by atoms with Crippen LogP contribution in [0.3, 0.4) is 0 Å². The zero-order chi connectivity index (χ0) is 10.8. The van der Waals surface area contributed by atoms with Crippen LogP contribution in [0, 0.1) is 0 Å². The Morgan fingerprint density at radius 1 is 1.60 bits per heavy atom. The van der Waals surface area contributed by atoms with Gasteiger partial charge in [0.05, 0.1) is 12.4 Å². The van der Waals surface area contributed by atoms with Crippen LogP contribution < -0.4 is 20.7 Å². The lowest BCUT2D eigenvalue weighted by molar-refractivity contribution is -0.120. The summed E-state index contributed by atoms with van der Waals surface area (Å²) in [6, 6.07) is 5.55. The Morgan fingerprint density at radius 2 is 2.40 bits per heavy atom. The number of likely N-dealkylation sites (N-methyl/N-ethyl adjacent to an activating group) is 1. The number of fused-ring (bicyclic) bond motifs is 1. The van der Waals surface area contributed by atoms with E-state index in [1.165, 1.54) is 0 Å². The minimum atomic E-state index is -0.0487. The Bertz CT molecular complexity index is 392. The molecule has 0 fully saturated rings. The Balaban J connectivity index is 2.36. The smallest absolute Gasteiger partial charge is 0.264 e. The van der Waals surface area contributed by atoms with Crippen molar-refractivity contribution in [2.24, 2.45) is 5.73 Å². The van der Waals surface area contributed by atoms with Crippen molar-refractivity contribution in [3.05, 3.63) is 18.2 Å². The van der Waals surface area contributed by atoms with Crippen molar-refractivity contribution < 1.29 is 9.53 Å². The van der Waals surface area contributed by atoms with E-state index in [9.17, 15) is 4.79 Å². The number of nitrogens with one attached hydrogen (secondary N) is 1. The molecule has 1 aliphatic rings. The highest BCUT2D eigenvalue weighted by molar-refractivity contribution is 5.97. The van der Waals surface area contributed by atoms with Crippen molar-refractivity contribution >= 4 is 17.3 Å². The van der Waals surface area contributed by atoms with E-state index in [0.717, 1.165) is 17.1 Å². The first kappa shape index (κ1) is 9.79. The fraction of sp³-hybridized carbons (Fsp3) is 0.300. The monoisotopic (exact) mass is 207 g/mol. The van der Waals surface area contributed by atoms with Crippen LogP contribution in [0.2, 0.25) is 0 Å². The molecule has 0 saturated heterocycles. The molecule has 3 N–H and O–H groups in total. The number of hydrogen-bond acceptors (Lipinski definition) is 4. The molecule has 0 aromatic heterocycles. The molecule has 0 unspecified atom stereocenters. The molecular weight excluding hydrogens is 194 g/mol. The molecule has 2 rings (SSSR count). The van der Waals surface area contributed by atoms with Gasteiger partial charge in [0.25, 0.3) is 5.91 Å². The predicted molar refractivity (Wildman–Crippen MR) is 58.0 cm³/mol. The van der Waals surface area contributed by atoms with Gasteiger partial charge >= 0.3 is 0 Å². The average Bonchev–Trinajstić information content (AvgIpc) is 2.25. The molecule has 1 amide bonds. The van der Waals surface area contributed by atoms with Crippen LogP contribution in [-0.4, -0.2) is 26.2 Å². The van der Waals surface area contributed by atoms with Gasteiger partial charge in [-0.3, -0.25) is 4.79 Å². The lowest BCUT2D eigenvalue weighted by Gasteiger charge is -2.26. The van der Waals surface area contributed by atoms with Gasteiger partial charge in [-0.25, -0.2) is 0 Å². The number of rotatable bonds is 2.